The Morgan fingerprint density at radius 3 is 2.71 bits per heavy atom. The summed E-state index contributed by atoms with van der Waals surface area (Å²) in [5, 5.41) is 4.01. The Bertz CT molecular complexity index is 798. The first-order valence-electron chi connectivity index (χ1n) is 6.46. The molecule has 1 aliphatic rings. The monoisotopic (exact) mass is 324 g/mol. The van der Waals surface area contributed by atoms with Gasteiger partial charge in [0.25, 0.3) is 10.0 Å². The fourth-order valence-electron chi connectivity index (χ4n) is 2.44. The highest BCUT2D eigenvalue weighted by Gasteiger charge is 2.34. The fraction of sp³-hybridized carbons (Fsp3) is 0.308. The van der Waals surface area contributed by atoms with E-state index in [1.165, 1.54) is 8.99 Å². The first kappa shape index (κ1) is 14.3. The van der Waals surface area contributed by atoms with Crippen LogP contribution in [0.15, 0.2) is 34.1 Å². The van der Waals surface area contributed by atoms with Crippen LogP contribution in [0.25, 0.3) is 0 Å². The highest BCUT2D eigenvalue weighted by molar-refractivity contribution is 8.00. The number of aromatic nitrogens is 2. The van der Waals surface area contributed by atoms with Crippen molar-refractivity contribution in [2.24, 2.45) is 7.05 Å². The lowest BCUT2D eigenvalue weighted by molar-refractivity contribution is 0.590. The lowest BCUT2D eigenvalue weighted by Crippen LogP contribution is -2.36. The number of nitrogens with two attached hydrogens (primary N) is 1. The fourth-order valence-corrected chi connectivity index (χ4v) is 5.39. The van der Waals surface area contributed by atoms with Crippen molar-refractivity contribution in [2.45, 2.75) is 16.7 Å². The summed E-state index contributed by atoms with van der Waals surface area (Å²) in [7, 11) is -2.02. The van der Waals surface area contributed by atoms with E-state index in [0.717, 1.165) is 10.6 Å². The van der Waals surface area contributed by atoms with E-state index in [2.05, 4.69) is 5.10 Å². The van der Waals surface area contributed by atoms with Crippen LogP contribution in [0.3, 0.4) is 0 Å². The van der Waals surface area contributed by atoms with Gasteiger partial charge in [0.1, 0.15) is 0 Å². The van der Waals surface area contributed by atoms with Crippen LogP contribution in [0.2, 0.25) is 0 Å². The van der Waals surface area contributed by atoms with Crippen molar-refractivity contribution in [3.8, 4) is 0 Å². The zero-order valence-corrected chi connectivity index (χ0v) is 13.4. The zero-order valence-electron chi connectivity index (χ0n) is 11.8. The summed E-state index contributed by atoms with van der Waals surface area (Å²) in [4.78, 5) is 1.07. The number of hydrogen-bond acceptors (Lipinski definition) is 5. The maximum Gasteiger partial charge on any atom is 0.269 e. The second-order valence-electron chi connectivity index (χ2n) is 4.82. The van der Waals surface area contributed by atoms with E-state index in [-0.39, 0.29) is 10.7 Å². The first-order valence-corrected chi connectivity index (χ1v) is 8.89. The molecule has 3 rings (SSSR count). The number of rotatable bonds is 2. The lowest BCUT2D eigenvalue weighted by atomic mass is 10.3. The highest BCUT2D eigenvalue weighted by Crippen LogP contribution is 2.38. The number of fused-ring (bicyclic) bond motifs is 1. The summed E-state index contributed by atoms with van der Waals surface area (Å²) in [5.41, 5.74) is 7.06. The summed E-state index contributed by atoms with van der Waals surface area (Å²) < 4.78 is 28.9. The Kier molecular flexibility index (Phi) is 3.37. The predicted molar refractivity (Wildman–Crippen MR) is 84.1 cm³/mol. The van der Waals surface area contributed by atoms with Crippen LogP contribution in [0.4, 0.5) is 11.5 Å². The molecular weight excluding hydrogens is 308 g/mol. The highest BCUT2D eigenvalue weighted by atomic mass is 32.2. The van der Waals surface area contributed by atoms with Gasteiger partial charge < -0.3 is 5.73 Å². The Balaban J connectivity index is 2.16. The van der Waals surface area contributed by atoms with Crippen molar-refractivity contribution >= 4 is 33.3 Å². The van der Waals surface area contributed by atoms with Gasteiger partial charge in [0.15, 0.2) is 10.7 Å². The quantitative estimate of drug-likeness (QED) is 0.907. The molecule has 21 heavy (non-hydrogen) atoms. The molecule has 0 fully saturated rings. The molecule has 0 atom stereocenters. The number of anilines is 2. The predicted octanol–water partition coefficient (Wildman–Crippen LogP) is 1.61. The molecule has 0 saturated carbocycles. The molecule has 0 spiro atoms. The Morgan fingerprint density at radius 1 is 1.33 bits per heavy atom. The van der Waals surface area contributed by atoms with Gasteiger partial charge in [0.2, 0.25) is 0 Å². The molecule has 1 aromatic heterocycles. The minimum absolute atomic E-state index is 0.0470. The van der Waals surface area contributed by atoms with Crippen LogP contribution in [-0.4, -0.2) is 30.5 Å². The smallest absolute Gasteiger partial charge is 0.269 e. The maximum absolute atomic E-state index is 13.0. The largest absolute Gasteiger partial charge is 0.381 e. The summed E-state index contributed by atoms with van der Waals surface area (Å²) in [6.07, 6.45) is 0. The van der Waals surface area contributed by atoms with Crippen LogP contribution in [0, 0.1) is 6.92 Å². The Labute approximate surface area is 128 Å². The number of aryl methyl sites for hydroxylation is 1. The topological polar surface area (TPSA) is 81.2 Å². The molecule has 6 nitrogen and oxygen atoms in total. The number of hydrogen-bond donors (Lipinski definition) is 1. The van der Waals surface area contributed by atoms with Gasteiger partial charge in [-0.2, -0.15) is 5.10 Å². The van der Waals surface area contributed by atoms with E-state index in [4.69, 9.17) is 5.73 Å². The number of para-hydroxylation sites is 1. The van der Waals surface area contributed by atoms with Crippen LogP contribution in [-0.2, 0) is 17.1 Å². The molecule has 0 radical (unpaired) electrons. The average Bonchev–Trinajstić information content (AvgIpc) is 2.71. The van der Waals surface area contributed by atoms with Gasteiger partial charge in [-0.1, -0.05) is 12.1 Å². The second kappa shape index (κ2) is 4.96. The molecule has 0 saturated heterocycles. The minimum atomic E-state index is -3.70. The van der Waals surface area contributed by atoms with Crippen molar-refractivity contribution in [1.82, 2.24) is 9.78 Å². The Hall–Kier alpha value is -1.67. The lowest BCUT2D eigenvalue weighted by Gasteiger charge is -2.29. The molecule has 0 unspecified atom stereocenters. The number of nitrogen functional groups attached to an aromatic ring is 1. The molecule has 0 bridgehead atoms. The molecule has 8 heteroatoms. The van der Waals surface area contributed by atoms with Gasteiger partial charge in [0.05, 0.1) is 11.4 Å². The van der Waals surface area contributed by atoms with Crippen LogP contribution < -0.4 is 10.0 Å². The Morgan fingerprint density at radius 2 is 2.05 bits per heavy atom. The summed E-state index contributed by atoms with van der Waals surface area (Å²) in [5.74, 6) is 0.765. The van der Waals surface area contributed by atoms with Crippen molar-refractivity contribution in [2.75, 3.05) is 22.3 Å². The minimum Gasteiger partial charge on any atom is -0.381 e. The average molecular weight is 324 g/mol. The number of benzene rings is 1. The van der Waals surface area contributed by atoms with Crippen molar-refractivity contribution in [3.63, 3.8) is 0 Å². The summed E-state index contributed by atoms with van der Waals surface area (Å²) in [6, 6.07) is 7.50. The number of nitrogens with zero attached hydrogens (tertiary/aromatic N) is 3. The van der Waals surface area contributed by atoms with Crippen LogP contribution >= 0.6 is 11.8 Å². The second-order valence-corrected chi connectivity index (χ2v) is 7.75. The zero-order chi connectivity index (χ0) is 15.2. The van der Waals surface area contributed by atoms with E-state index in [1.807, 2.05) is 24.3 Å². The molecular formula is C13H16N4O2S2. The third kappa shape index (κ3) is 2.18. The molecule has 2 aromatic rings. The van der Waals surface area contributed by atoms with Crippen LogP contribution in [0.1, 0.15) is 5.69 Å². The van der Waals surface area contributed by atoms with Gasteiger partial charge in [-0.25, -0.2) is 8.42 Å². The van der Waals surface area contributed by atoms with E-state index >= 15 is 0 Å². The van der Waals surface area contributed by atoms with Crippen molar-refractivity contribution in [3.05, 3.63) is 30.0 Å². The maximum atomic E-state index is 13.0. The van der Waals surface area contributed by atoms with Gasteiger partial charge in [-0.3, -0.25) is 8.99 Å². The van der Waals surface area contributed by atoms with Crippen molar-refractivity contribution < 1.29 is 8.42 Å². The van der Waals surface area contributed by atoms with Gasteiger partial charge in [-0.05, 0) is 19.1 Å². The summed E-state index contributed by atoms with van der Waals surface area (Å²) >= 11 is 1.66. The molecule has 2 N–H and O–H groups in total. The van der Waals surface area contributed by atoms with Gasteiger partial charge >= 0.3 is 0 Å². The van der Waals surface area contributed by atoms with E-state index in [9.17, 15) is 8.42 Å². The van der Waals surface area contributed by atoms with E-state index in [1.54, 1.807) is 25.7 Å². The van der Waals surface area contributed by atoms with Gasteiger partial charge in [0, 0.05) is 24.2 Å². The molecule has 2 heterocycles. The van der Waals surface area contributed by atoms with Gasteiger partial charge in [-0.15, -0.1) is 11.8 Å². The standard InChI is InChI=1S/C13H16N4O2S2/c1-9-12(13(14)15-16(9)2)21(18,19)17-7-8-20-11-6-4-3-5-10(11)17/h3-6H,7-8H2,1-2H3,(H2,14,15). The molecule has 112 valence electrons. The van der Waals surface area contributed by atoms with Crippen LogP contribution in [0.5, 0.6) is 0 Å². The van der Waals surface area contributed by atoms with E-state index in [0.29, 0.717) is 17.9 Å². The third-order valence-electron chi connectivity index (χ3n) is 3.54. The van der Waals surface area contributed by atoms with E-state index < -0.39 is 10.0 Å². The summed E-state index contributed by atoms with van der Waals surface area (Å²) in [6.45, 7) is 2.14. The molecule has 1 aromatic carbocycles. The number of thioether (sulfide) groups is 1. The number of sulfonamides is 1. The third-order valence-corrected chi connectivity index (χ3v) is 6.56. The molecule has 0 aliphatic carbocycles. The molecule has 0 amide bonds. The SMILES string of the molecule is Cc1c(S(=O)(=O)N2CCSc3ccccc32)c(N)nn1C. The normalized spacial score (nSPS) is 15.0. The first-order chi connectivity index (χ1) is 9.93. The molecule has 1 aliphatic heterocycles. The van der Waals surface area contributed by atoms with Crippen molar-refractivity contribution in [1.29, 1.82) is 0 Å².